The number of hydrogen-bond donors (Lipinski definition) is 3. The molecule has 1 amide bonds. The van der Waals surface area contributed by atoms with E-state index in [1.54, 1.807) is 6.08 Å². The highest BCUT2D eigenvalue weighted by Gasteiger charge is 2.36. The molecule has 0 radical (unpaired) electrons. The van der Waals surface area contributed by atoms with E-state index in [1.165, 1.54) is 77.0 Å². The molecule has 3 N–H and O–H groups in total. The van der Waals surface area contributed by atoms with Crippen molar-refractivity contribution in [1.29, 1.82) is 0 Å². The van der Waals surface area contributed by atoms with E-state index in [9.17, 15) is 19.4 Å². The van der Waals surface area contributed by atoms with Crippen LogP contribution in [0, 0.1) is 0 Å². The number of nitrogens with one attached hydrogen (secondary N) is 1. The second kappa shape index (κ2) is 30.7. The Morgan fingerprint density at radius 2 is 1.35 bits per heavy atom. The van der Waals surface area contributed by atoms with Gasteiger partial charge in [-0.2, -0.15) is 0 Å². The van der Waals surface area contributed by atoms with Crippen LogP contribution in [0.15, 0.2) is 48.6 Å². The number of quaternary nitrogens is 1. The monoisotopic (exact) mass is 754 g/mol. The van der Waals surface area contributed by atoms with Gasteiger partial charge in [-0.25, -0.2) is 4.57 Å². The number of unbranched alkanes of at least 4 members (excludes halogenated alkanes) is 13. The van der Waals surface area contributed by atoms with Crippen LogP contribution in [-0.2, 0) is 23.1 Å². The van der Waals surface area contributed by atoms with Gasteiger partial charge in [0, 0.05) is 6.42 Å². The van der Waals surface area contributed by atoms with Crippen molar-refractivity contribution < 1.29 is 37.6 Å². The Hall–Kier alpha value is -1.58. The lowest BCUT2D eigenvalue weighted by Gasteiger charge is -2.25. The third kappa shape index (κ3) is 29.8. The topological polar surface area (TPSA) is 118 Å². The zero-order valence-corrected chi connectivity index (χ0v) is 34.6. The number of carbonyl (C=O) groups is 1. The summed E-state index contributed by atoms with van der Waals surface area (Å²) in [7, 11) is 1.52. The number of epoxide rings is 1. The molecular weight excluding hydrogens is 675 g/mol. The van der Waals surface area contributed by atoms with Crippen LogP contribution in [0.2, 0.25) is 0 Å². The SMILES string of the molecule is CCCCCCCCCCCC/C=C/[C@@H](O)[C@H](COP(=O)(O)OCC[N+](C)(C)C)NC(=O)CCC/C=C\C/C=C\C/C=C\CC1OC1CCCCC. The number of nitrogens with zero attached hydrogens (tertiary/aromatic N) is 1. The molecule has 302 valence electrons. The molecule has 0 spiro atoms. The van der Waals surface area contributed by atoms with Gasteiger partial charge in [0.2, 0.25) is 5.91 Å². The van der Waals surface area contributed by atoms with Gasteiger partial charge in [0.05, 0.1) is 52.1 Å². The van der Waals surface area contributed by atoms with E-state index >= 15 is 0 Å². The summed E-state index contributed by atoms with van der Waals surface area (Å²) < 4.78 is 29.2. The Bertz CT molecular complexity index is 1060. The molecule has 1 fully saturated rings. The Kier molecular flexibility index (Phi) is 28.6. The summed E-state index contributed by atoms with van der Waals surface area (Å²) in [6.07, 6.45) is 39.3. The van der Waals surface area contributed by atoms with Crippen LogP contribution in [0.4, 0.5) is 0 Å². The third-order valence-electron chi connectivity index (χ3n) is 9.22. The Balaban J connectivity index is 2.39. The van der Waals surface area contributed by atoms with Crippen LogP contribution in [0.5, 0.6) is 0 Å². The first-order valence-electron chi connectivity index (χ1n) is 20.6. The predicted octanol–water partition coefficient (Wildman–Crippen LogP) is 9.90. The van der Waals surface area contributed by atoms with Gasteiger partial charge in [0.15, 0.2) is 0 Å². The maximum atomic E-state index is 12.8. The van der Waals surface area contributed by atoms with Crippen molar-refractivity contribution in [3.05, 3.63) is 48.6 Å². The minimum atomic E-state index is -4.35. The fourth-order valence-electron chi connectivity index (χ4n) is 5.77. The second-order valence-corrected chi connectivity index (χ2v) is 16.9. The molecule has 1 aliphatic rings. The first-order chi connectivity index (χ1) is 25.0. The van der Waals surface area contributed by atoms with Gasteiger partial charge < -0.3 is 24.5 Å². The number of allylic oxidation sites excluding steroid dienone is 6. The van der Waals surface area contributed by atoms with E-state index in [4.69, 9.17) is 13.8 Å². The summed E-state index contributed by atoms with van der Waals surface area (Å²) >= 11 is 0. The van der Waals surface area contributed by atoms with Gasteiger partial charge in [0.25, 0.3) is 0 Å². The molecule has 1 heterocycles. The maximum absolute atomic E-state index is 12.8. The van der Waals surface area contributed by atoms with Gasteiger partial charge in [-0.1, -0.05) is 140 Å². The van der Waals surface area contributed by atoms with Gasteiger partial charge in [-0.15, -0.1) is 0 Å². The number of phosphoric ester groups is 1. The van der Waals surface area contributed by atoms with E-state index in [1.807, 2.05) is 27.2 Å². The molecule has 0 aromatic carbocycles. The highest BCUT2D eigenvalue weighted by atomic mass is 31.2. The van der Waals surface area contributed by atoms with Crippen molar-refractivity contribution in [2.75, 3.05) is 40.9 Å². The molecule has 5 atom stereocenters. The van der Waals surface area contributed by atoms with Crippen molar-refractivity contribution in [3.63, 3.8) is 0 Å². The molecule has 0 aliphatic carbocycles. The molecular formula is C42H78N2O7P+. The van der Waals surface area contributed by atoms with E-state index < -0.39 is 20.0 Å². The van der Waals surface area contributed by atoms with Crippen LogP contribution < -0.4 is 5.32 Å². The highest BCUT2D eigenvalue weighted by molar-refractivity contribution is 7.47. The van der Waals surface area contributed by atoms with Crippen LogP contribution in [0.25, 0.3) is 0 Å². The molecule has 10 heteroatoms. The lowest BCUT2D eigenvalue weighted by atomic mass is 10.1. The van der Waals surface area contributed by atoms with Crippen molar-refractivity contribution in [2.24, 2.45) is 0 Å². The molecule has 1 saturated heterocycles. The predicted molar refractivity (Wildman–Crippen MR) is 216 cm³/mol. The van der Waals surface area contributed by atoms with Gasteiger partial charge in [0.1, 0.15) is 13.2 Å². The molecule has 0 aromatic rings. The number of rotatable bonds is 35. The molecule has 9 nitrogen and oxygen atoms in total. The first kappa shape index (κ1) is 48.4. The van der Waals surface area contributed by atoms with Gasteiger partial charge >= 0.3 is 7.82 Å². The third-order valence-corrected chi connectivity index (χ3v) is 10.2. The minimum Gasteiger partial charge on any atom is -0.387 e. The fourth-order valence-corrected chi connectivity index (χ4v) is 6.51. The van der Waals surface area contributed by atoms with Crippen LogP contribution in [0.3, 0.4) is 0 Å². The lowest BCUT2D eigenvalue weighted by molar-refractivity contribution is -0.870. The van der Waals surface area contributed by atoms with Crippen molar-refractivity contribution >= 4 is 13.7 Å². The summed E-state index contributed by atoms with van der Waals surface area (Å²) in [6, 6.07) is -0.877. The van der Waals surface area contributed by atoms with Crippen LogP contribution in [-0.4, -0.2) is 85.6 Å². The maximum Gasteiger partial charge on any atom is 0.472 e. The number of phosphoric acid groups is 1. The second-order valence-electron chi connectivity index (χ2n) is 15.4. The average molecular weight is 754 g/mol. The molecule has 52 heavy (non-hydrogen) atoms. The number of carbonyl (C=O) groups excluding carboxylic acids is 1. The molecule has 1 aliphatic heterocycles. The van der Waals surface area contributed by atoms with E-state index in [0.29, 0.717) is 29.7 Å². The summed E-state index contributed by atoms with van der Waals surface area (Å²) in [5, 5.41) is 13.7. The molecule has 0 saturated carbocycles. The smallest absolute Gasteiger partial charge is 0.387 e. The van der Waals surface area contributed by atoms with Crippen molar-refractivity contribution in [2.45, 2.75) is 173 Å². The number of amides is 1. The summed E-state index contributed by atoms with van der Waals surface area (Å²) in [5.74, 6) is -0.238. The van der Waals surface area contributed by atoms with Crippen LogP contribution >= 0.6 is 7.82 Å². The zero-order valence-electron chi connectivity index (χ0n) is 33.7. The van der Waals surface area contributed by atoms with E-state index in [-0.39, 0.29) is 25.5 Å². The Labute approximate surface area is 318 Å². The number of hydrogen-bond acceptors (Lipinski definition) is 6. The fraction of sp³-hybridized carbons (Fsp3) is 0.786. The summed E-state index contributed by atoms with van der Waals surface area (Å²) in [4.78, 5) is 23.0. The zero-order chi connectivity index (χ0) is 38.3. The molecule has 0 aromatic heterocycles. The van der Waals surface area contributed by atoms with Crippen LogP contribution in [0.1, 0.15) is 149 Å². The Morgan fingerprint density at radius 3 is 2.00 bits per heavy atom. The van der Waals surface area contributed by atoms with Crippen molar-refractivity contribution in [3.8, 4) is 0 Å². The number of aliphatic hydroxyl groups excluding tert-OH is 1. The minimum absolute atomic E-state index is 0.0475. The molecule has 1 rings (SSSR count). The quantitative estimate of drug-likeness (QED) is 0.0194. The molecule has 3 unspecified atom stereocenters. The standard InChI is InChI=1S/C42H77N2O7P/c1-6-8-10-11-12-13-14-15-18-21-24-28-31-39(45)38(37-50-52(47,48)49-36-35-44(3,4)5)43-42(46)34-30-26-23-20-17-16-19-22-25-29-33-41-40(51-41)32-27-9-7-2/h16,19-20,23,25,28-29,31,38-41,45H,6-15,17-18,21-22,24,26-27,30,32-37H2,1-5H3,(H-,43,46,47,48)/p+1/b19-16-,23-20-,29-25-,31-28+/t38-,39+,40?,41?/m0/s1. The average Bonchev–Trinajstić information content (AvgIpc) is 3.84. The molecule has 0 bridgehead atoms. The number of ether oxygens (including phenoxy) is 1. The first-order valence-corrected chi connectivity index (χ1v) is 22.1. The lowest BCUT2D eigenvalue weighted by Crippen LogP contribution is -2.45. The largest absolute Gasteiger partial charge is 0.472 e. The van der Waals surface area contributed by atoms with E-state index in [2.05, 4.69) is 55.6 Å². The highest BCUT2D eigenvalue weighted by Crippen LogP contribution is 2.43. The van der Waals surface area contributed by atoms with Gasteiger partial charge in [-0.3, -0.25) is 13.8 Å². The Morgan fingerprint density at radius 1 is 0.769 bits per heavy atom. The summed E-state index contributed by atoms with van der Waals surface area (Å²) in [6.45, 7) is 4.70. The van der Waals surface area contributed by atoms with E-state index in [0.717, 1.165) is 44.9 Å². The van der Waals surface area contributed by atoms with Crippen molar-refractivity contribution in [1.82, 2.24) is 5.32 Å². The number of likely N-dealkylation sites (N-methyl/N-ethyl adjacent to an activating group) is 1. The summed E-state index contributed by atoms with van der Waals surface area (Å²) in [5.41, 5.74) is 0. The van der Waals surface area contributed by atoms with Gasteiger partial charge in [-0.05, 0) is 51.4 Å². The number of aliphatic hydroxyl groups is 1. The normalized spacial score (nSPS) is 18.9.